The maximum atomic E-state index is 11.7. The molecule has 0 aromatic carbocycles. The number of aryl methyl sites for hydroxylation is 1. The van der Waals surface area contributed by atoms with Gasteiger partial charge in [-0.2, -0.15) is 0 Å². The number of nitrogens with zero attached hydrogens (tertiary/aromatic N) is 1. The summed E-state index contributed by atoms with van der Waals surface area (Å²) in [6.45, 7) is 6.21. The predicted molar refractivity (Wildman–Crippen MR) is 70.7 cm³/mol. The fourth-order valence-corrected chi connectivity index (χ4v) is 1.38. The fourth-order valence-electron chi connectivity index (χ4n) is 1.38. The van der Waals surface area contributed by atoms with Gasteiger partial charge >= 0.3 is 5.69 Å². The van der Waals surface area contributed by atoms with Gasteiger partial charge < -0.3 is 9.84 Å². The third kappa shape index (κ3) is 3.22. The van der Waals surface area contributed by atoms with E-state index in [1.807, 2.05) is 0 Å². The molecule has 6 heteroatoms. The molecule has 0 amide bonds. The van der Waals surface area contributed by atoms with Crippen LogP contribution in [0.5, 0.6) is 0 Å². The average molecular weight is 264 g/mol. The van der Waals surface area contributed by atoms with Gasteiger partial charge in [0.2, 0.25) is 0 Å². The Hall–Kier alpha value is -2.10. The maximum absolute atomic E-state index is 11.7. The van der Waals surface area contributed by atoms with Gasteiger partial charge in [-0.25, -0.2) is 4.79 Å². The van der Waals surface area contributed by atoms with Crippen molar-refractivity contribution in [3.8, 4) is 12.3 Å². The lowest BCUT2D eigenvalue weighted by Crippen LogP contribution is -2.39. The van der Waals surface area contributed by atoms with E-state index in [4.69, 9.17) is 11.2 Å². The van der Waals surface area contributed by atoms with Crippen LogP contribution in [0.2, 0.25) is 0 Å². The molecule has 0 unspecified atom stereocenters. The van der Waals surface area contributed by atoms with Crippen LogP contribution >= 0.6 is 0 Å². The Bertz CT molecular complexity index is 623. The molecule has 19 heavy (non-hydrogen) atoms. The first-order valence-electron chi connectivity index (χ1n) is 5.58. The summed E-state index contributed by atoms with van der Waals surface area (Å²) in [6, 6.07) is 0. The smallest absolute Gasteiger partial charge is 0.330 e. The number of hydrogen-bond acceptors (Lipinski definition) is 4. The van der Waals surface area contributed by atoms with E-state index in [0.717, 1.165) is 4.57 Å². The lowest BCUT2D eigenvalue weighted by molar-refractivity contribution is -0.0849. The average Bonchev–Trinajstić information content (AvgIpc) is 2.40. The number of H-pyrrole nitrogens is 1. The van der Waals surface area contributed by atoms with Crippen molar-refractivity contribution in [2.45, 2.75) is 25.7 Å². The fraction of sp³-hybridized carbons (Fsp3) is 0.385. The molecule has 0 aliphatic rings. The summed E-state index contributed by atoms with van der Waals surface area (Å²) >= 11 is 0. The van der Waals surface area contributed by atoms with Gasteiger partial charge in [0.15, 0.2) is 11.8 Å². The predicted octanol–water partition coefficient (Wildman–Crippen LogP) is -0.0696. The Balaban J connectivity index is 3.23. The molecular weight excluding hydrogens is 248 g/mol. The molecule has 0 saturated carbocycles. The van der Waals surface area contributed by atoms with Crippen molar-refractivity contribution in [3.05, 3.63) is 45.3 Å². The monoisotopic (exact) mass is 264 g/mol. The largest absolute Gasteiger partial charge is 0.392 e. The molecule has 2 N–H and O–H groups in total. The van der Waals surface area contributed by atoms with Crippen LogP contribution in [0.15, 0.2) is 28.4 Å². The van der Waals surface area contributed by atoms with Crippen LogP contribution in [0.3, 0.4) is 0 Å². The molecule has 0 saturated heterocycles. The first-order valence-corrected chi connectivity index (χ1v) is 5.58. The van der Waals surface area contributed by atoms with E-state index in [0.29, 0.717) is 5.56 Å². The Labute approximate surface area is 110 Å². The molecule has 0 radical (unpaired) electrons. The van der Waals surface area contributed by atoms with Crippen molar-refractivity contribution in [1.29, 1.82) is 0 Å². The van der Waals surface area contributed by atoms with E-state index in [9.17, 15) is 14.7 Å². The molecule has 1 aromatic heterocycles. The van der Waals surface area contributed by atoms with E-state index < -0.39 is 29.7 Å². The maximum Gasteiger partial charge on any atom is 0.330 e. The highest BCUT2D eigenvalue weighted by Crippen LogP contribution is 2.18. The van der Waals surface area contributed by atoms with Crippen LogP contribution in [-0.4, -0.2) is 26.9 Å². The van der Waals surface area contributed by atoms with E-state index in [2.05, 4.69) is 17.5 Å². The van der Waals surface area contributed by atoms with Crippen LogP contribution in [0.1, 0.15) is 18.7 Å². The van der Waals surface area contributed by atoms with Crippen LogP contribution in [0.25, 0.3) is 0 Å². The number of aliphatic hydroxyl groups is 1. The minimum Gasteiger partial charge on any atom is -0.392 e. The summed E-state index contributed by atoms with van der Waals surface area (Å²) in [6.07, 6.45) is 7.08. The van der Waals surface area contributed by atoms with Crippen molar-refractivity contribution in [2.75, 3.05) is 6.61 Å². The number of rotatable bonds is 5. The summed E-state index contributed by atoms with van der Waals surface area (Å²) in [7, 11) is 0. The van der Waals surface area contributed by atoms with Crippen molar-refractivity contribution in [1.82, 2.24) is 9.55 Å². The molecule has 102 valence electrons. The zero-order chi connectivity index (χ0) is 14.6. The summed E-state index contributed by atoms with van der Waals surface area (Å²) in [5, 5.41) is 9.20. The second-order valence-corrected chi connectivity index (χ2v) is 4.26. The molecule has 2 atom stereocenters. The summed E-state index contributed by atoms with van der Waals surface area (Å²) in [5.74, 6) is 2.30. The molecule has 1 rings (SSSR count). The van der Waals surface area contributed by atoms with Crippen molar-refractivity contribution < 1.29 is 9.84 Å². The minimum atomic E-state index is -1.25. The summed E-state index contributed by atoms with van der Waals surface area (Å²) in [5.41, 5.74) is -2.01. The zero-order valence-electron chi connectivity index (χ0n) is 10.8. The normalized spacial score (nSPS) is 15.3. The third-order valence-electron chi connectivity index (χ3n) is 2.61. The number of aromatic amines is 1. The second-order valence-electron chi connectivity index (χ2n) is 4.26. The lowest BCUT2D eigenvalue weighted by Gasteiger charge is -2.27. The van der Waals surface area contributed by atoms with Gasteiger partial charge in [-0.3, -0.25) is 14.3 Å². The minimum absolute atomic E-state index is 0.349. The first kappa shape index (κ1) is 15.0. The van der Waals surface area contributed by atoms with E-state index >= 15 is 0 Å². The number of aromatic nitrogens is 2. The first-order chi connectivity index (χ1) is 8.86. The molecule has 0 fully saturated rings. The summed E-state index contributed by atoms with van der Waals surface area (Å²) in [4.78, 5) is 25.2. The Kier molecular flexibility index (Phi) is 4.48. The lowest BCUT2D eigenvalue weighted by atomic mass is 10.1. The van der Waals surface area contributed by atoms with Crippen molar-refractivity contribution in [2.24, 2.45) is 0 Å². The van der Waals surface area contributed by atoms with E-state index in [1.54, 1.807) is 6.92 Å². The Morgan fingerprint density at radius 1 is 1.74 bits per heavy atom. The Morgan fingerprint density at radius 2 is 2.37 bits per heavy atom. The highest BCUT2D eigenvalue weighted by atomic mass is 16.5. The quantitative estimate of drug-likeness (QED) is 0.576. The molecule has 0 aliphatic carbocycles. The van der Waals surface area contributed by atoms with Gasteiger partial charge in [-0.1, -0.05) is 12.5 Å². The highest BCUT2D eigenvalue weighted by Gasteiger charge is 2.26. The number of hydrogen-bond donors (Lipinski definition) is 2. The third-order valence-corrected chi connectivity index (χ3v) is 2.61. The molecule has 1 aromatic rings. The number of nitrogens with one attached hydrogen (secondary N) is 1. The van der Waals surface area contributed by atoms with E-state index in [1.165, 1.54) is 19.2 Å². The molecule has 6 nitrogen and oxygen atoms in total. The number of terminal acetylenes is 1. The SMILES string of the molecule is C#C[C@](C)(CO)O[C@H](C=C)n1cc(C)c(=O)[nH]c1=O. The van der Waals surface area contributed by atoms with Crippen LogP contribution in [0, 0.1) is 19.3 Å². The van der Waals surface area contributed by atoms with Crippen molar-refractivity contribution >= 4 is 0 Å². The highest BCUT2D eigenvalue weighted by molar-refractivity contribution is 5.08. The van der Waals surface area contributed by atoms with E-state index in [-0.39, 0.29) is 0 Å². The van der Waals surface area contributed by atoms with Gasteiger partial charge in [0.1, 0.15) is 0 Å². The van der Waals surface area contributed by atoms with Gasteiger partial charge in [0.25, 0.3) is 5.56 Å². The molecule has 0 bridgehead atoms. The second kappa shape index (κ2) is 5.69. The molecule has 0 aliphatic heterocycles. The topological polar surface area (TPSA) is 84.3 Å². The van der Waals surface area contributed by atoms with Crippen molar-refractivity contribution in [3.63, 3.8) is 0 Å². The molecular formula is C13H16N2O4. The van der Waals surface area contributed by atoms with Gasteiger partial charge in [0, 0.05) is 11.8 Å². The van der Waals surface area contributed by atoms with Crippen LogP contribution in [-0.2, 0) is 4.74 Å². The Morgan fingerprint density at radius 3 is 2.84 bits per heavy atom. The number of ether oxygens (including phenoxy) is 1. The molecule has 0 spiro atoms. The van der Waals surface area contributed by atoms with Gasteiger partial charge in [0.05, 0.1) is 6.61 Å². The standard InChI is InChI=1S/C13H16N2O4/c1-5-10(19-13(4,6-2)8-16)15-7-9(3)11(17)14-12(15)18/h2,5,7,10,16H,1,8H2,3-4H3,(H,14,17,18)/t10-,13-/m1/s1. The van der Waals surface area contributed by atoms with Gasteiger partial charge in [-0.05, 0) is 19.9 Å². The van der Waals surface area contributed by atoms with Crippen LogP contribution in [0.4, 0.5) is 0 Å². The van der Waals surface area contributed by atoms with Crippen LogP contribution < -0.4 is 11.2 Å². The summed E-state index contributed by atoms with van der Waals surface area (Å²) < 4.78 is 6.63. The number of aliphatic hydroxyl groups excluding tert-OH is 1. The van der Waals surface area contributed by atoms with Gasteiger partial charge in [-0.15, -0.1) is 6.42 Å². The molecule has 1 heterocycles. The zero-order valence-corrected chi connectivity index (χ0v) is 10.8.